The van der Waals surface area contributed by atoms with E-state index in [1.54, 1.807) is 13.0 Å². The van der Waals surface area contributed by atoms with Crippen LogP contribution in [0.1, 0.15) is 27.7 Å². The Bertz CT molecular complexity index is 695. The van der Waals surface area contributed by atoms with Crippen LogP contribution in [0.15, 0.2) is 52.5 Å². The monoisotopic (exact) mass is 341 g/mol. The van der Waals surface area contributed by atoms with Crippen molar-refractivity contribution in [3.05, 3.63) is 42.4 Å². The van der Waals surface area contributed by atoms with Crippen molar-refractivity contribution in [2.45, 2.75) is 43.0 Å². The van der Waals surface area contributed by atoms with Crippen molar-refractivity contribution in [3.8, 4) is 0 Å². The number of aromatic nitrogens is 2. The van der Waals surface area contributed by atoms with E-state index in [1.165, 1.54) is 25.5 Å². The van der Waals surface area contributed by atoms with Gasteiger partial charge in [-0.3, -0.25) is 4.99 Å². The molecule has 1 aromatic rings. The Balaban J connectivity index is 3.12. The van der Waals surface area contributed by atoms with Crippen molar-refractivity contribution in [2.75, 3.05) is 0 Å². The Labute approximate surface area is 136 Å². The number of rotatable bonds is 6. The van der Waals surface area contributed by atoms with Gasteiger partial charge in [0.1, 0.15) is 0 Å². The van der Waals surface area contributed by atoms with Crippen molar-refractivity contribution in [2.24, 2.45) is 4.99 Å². The fourth-order valence-corrected chi connectivity index (χ4v) is 3.39. The molecule has 0 saturated carbocycles. The summed E-state index contributed by atoms with van der Waals surface area (Å²) in [6.45, 7) is 10.6. The van der Waals surface area contributed by atoms with Gasteiger partial charge in [0.2, 0.25) is 15.0 Å². The van der Waals surface area contributed by atoms with Crippen LogP contribution >= 0.6 is 11.6 Å². The van der Waals surface area contributed by atoms with Crippen LogP contribution in [0, 0.1) is 0 Å². The second-order valence-electron chi connectivity index (χ2n) is 5.01. The number of hydrogen-bond acceptors (Lipinski definition) is 5. The molecule has 22 heavy (non-hydrogen) atoms. The van der Waals surface area contributed by atoms with Crippen LogP contribution in [-0.4, -0.2) is 34.7 Å². The molecule has 5 nitrogen and oxygen atoms in total. The first-order chi connectivity index (χ1) is 10.1. The first kappa shape index (κ1) is 18.5. The largest absolute Gasteiger partial charge is 0.262 e. The number of hydrogen-bond donors (Lipinski definition) is 0. The Morgan fingerprint density at radius 1 is 1.45 bits per heavy atom. The topological polar surface area (TPSA) is 72.3 Å². The maximum Gasteiger partial charge on any atom is 0.247 e. The van der Waals surface area contributed by atoms with Crippen molar-refractivity contribution in [1.29, 1.82) is 0 Å². The fraction of sp³-hybridized carbons (Fsp3) is 0.400. The molecule has 1 aromatic heterocycles. The Hall–Kier alpha value is -1.53. The van der Waals surface area contributed by atoms with E-state index in [0.29, 0.717) is 5.57 Å². The minimum Gasteiger partial charge on any atom is -0.262 e. The predicted octanol–water partition coefficient (Wildman–Crippen LogP) is 3.19. The molecule has 0 unspecified atom stereocenters. The number of allylic oxidation sites excluding steroid dienone is 3. The molecular weight excluding hydrogens is 322 g/mol. The molecule has 0 spiro atoms. The van der Waals surface area contributed by atoms with Gasteiger partial charge in [-0.05, 0) is 39.3 Å². The summed E-state index contributed by atoms with van der Waals surface area (Å²) in [6, 6.07) is 1.55. The van der Waals surface area contributed by atoms with Crippen LogP contribution in [0.3, 0.4) is 0 Å². The van der Waals surface area contributed by atoms with Gasteiger partial charge in [-0.1, -0.05) is 12.7 Å². The standard InChI is InChI=1S/C15H20ClN3O2S/c1-6-12(3)19-10-11(2)15(5,16)13(4)22(20,21)14-17-8-7-9-18-14/h6-10,13H,2H2,1,3-5H3/b12-6-,19-10?/t13-,15-/m1/s1. The summed E-state index contributed by atoms with van der Waals surface area (Å²) in [5.74, 6) is 0. The van der Waals surface area contributed by atoms with Gasteiger partial charge in [0.05, 0.1) is 10.1 Å². The quantitative estimate of drug-likeness (QED) is 0.452. The second kappa shape index (κ2) is 7.15. The Kier molecular flexibility index (Phi) is 6.02. The SMILES string of the molecule is C=C(C=N/C(C)=C\C)[C@@](C)(Cl)[C@@H](C)S(=O)(=O)c1ncccn1. The van der Waals surface area contributed by atoms with Crippen LogP contribution in [0.4, 0.5) is 0 Å². The Morgan fingerprint density at radius 3 is 2.50 bits per heavy atom. The summed E-state index contributed by atoms with van der Waals surface area (Å²) in [5.41, 5.74) is 1.19. The Morgan fingerprint density at radius 2 is 2.00 bits per heavy atom. The maximum atomic E-state index is 12.6. The minimum atomic E-state index is -3.78. The molecule has 0 saturated heterocycles. The summed E-state index contributed by atoms with van der Waals surface area (Å²) >= 11 is 6.45. The molecule has 0 radical (unpaired) electrons. The van der Waals surface area contributed by atoms with Gasteiger partial charge in [-0.2, -0.15) is 0 Å². The lowest BCUT2D eigenvalue weighted by atomic mass is 9.99. The van der Waals surface area contributed by atoms with Crippen LogP contribution in [0.25, 0.3) is 0 Å². The van der Waals surface area contributed by atoms with E-state index >= 15 is 0 Å². The average Bonchev–Trinajstić information content (AvgIpc) is 2.51. The molecule has 0 amide bonds. The van der Waals surface area contributed by atoms with E-state index in [2.05, 4.69) is 21.5 Å². The smallest absolute Gasteiger partial charge is 0.247 e. The molecule has 0 aliphatic heterocycles. The van der Waals surface area contributed by atoms with E-state index in [4.69, 9.17) is 11.6 Å². The molecule has 0 aromatic carbocycles. The van der Waals surface area contributed by atoms with Gasteiger partial charge >= 0.3 is 0 Å². The van der Waals surface area contributed by atoms with Gasteiger partial charge in [0, 0.05) is 24.3 Å². The lowest BCUT2D eigenvalue weighted by Crippen LogP contribution is -2.40. The number of sulfone groups is 1. The highest BCUT2D eigenvalue weighted by Gasteiger charge is 2.41. The highest BCUT2D eigenvalue weighted by atomic mass is 35.5. The zero-order valence-electron chi connectivity index (χ0n) is 13.1. The van der Waals surface area contributed by atoms with Gasteiger partial charge in [0.15, 0.2) is 0 Å². The highest BCUT2D eigenvalue weighted by molar-refractivity contribution is 7.92. The van der Waals surface area contributed by atoms with Gasteiger partial charge < -0.3 is 0 Å². The zero-order chi connectivity index (χ0) is 17.0. The number of aliphatic imine (C=N–C) groups is 1. The zero-order valence-corrected chi connectivity index (χ0v) is 14.7. The summed E-state index contributed by atoms with van der Waals surface area (Å²) in [6.07, 6.45) is 6.07. The molecule has 2 atom stereocenters. The van der Waals surface area contributed by atoms with E-state index in [0.717, 1.165) is 5.70 Å². The first-order valence-electron chi connectivity index (χ1n) is 6.70. The average molecular weight is 342 g/mol. The van der Waals surface area contributed by atoms with Gasteiger partial charge in [-0.15, -0.1) is 11.6 Å². The van der Waals surface area contributed by atoms with Gasteiger partial charge in [-0.25, -0.2) is 18.4 Å². The van der Waals surface area contributed by atoms with Gasteiger partial charge in [0.25, 0.3) is 0 Å². The molecule has 0 N–H and O–H groups in total. The van der Waals surface area contributed by atoms with Crippen molar-refractivity contribution in [1.82, 2.24) is 9.97 Å². The van der Waals surface area contributed by atoms with Crippen LogP contribution in [0.5, 0.6) is 0 Å². The normalized spacial score (nSPS) is 17.2. The molecule has 120 valence electrons. The van der Waals surface area contributed by atoms with Crippen molar-refractivity contribution in [3.63, 3.8) is 0 Å². The molecule has 7 heteroatoms. The molecule has 0 aliphatic carbocycles. The van der Waals surface area contributed by atoms with E-state index < -0.39 is 20.0 Å². The number of halogens is 1. The second-order valence-corrected chi connectivity index (χ2v) is 7.96. The lowest BCUT2D eigenvalue weighted by molar-refractivity contribution is 0.559. The lowest BCUT2D eigenvalue weighted by Gasteiger charge is -2.28. The predicted molar refractivity (Wildman–Crippen MR) is 90.0 cm³/mol. The summed E-state index contributed by atoms with van der Waals surface area (Å²) < 4.78 is 25.1. The third-order valence-corrected chi connectivity index (χ3v) is 6.32. The third-order valence-electron chi connectivity index (χ3n) is 3.50. The minimum absolute atomic E-state index is 0.247. The van der Waals surface area contributed by atoms with Crippen LogP contribution in [-0.2, 0) is 9.84 Å². The molecular formula is C15H20ClN3O2S. The van der Waals surface area contributed by atoms with Crippen LogP contribution in [0.2, 0.25) is 0 Å². The van der Waals surface area contributed by atoms with E-state index in [-0.39, 0.29) is 5.16 Å². The first-order valence-corrected chi connectivity index (χ1v) is 8.62. The molecule has 1 rings (SSSR count). The van der Waals surface area contributed by atoms with Crippen LogP contribution < -0.4 is 0 Å². The van der Waals surface area contributed by atoms with E-state index in [9.17, 15) is 8.42 Å². The summed E-state index contributed by atoms with van der Waals surface area (Å²) in [5, 5.41) is -1.21. The van der Waals surface area contributed by atoms with Crippen molar-refractivity contribution >= 4 is 27.7 Å². The van der Waals surface area contributed by atoms with Crippen molar-refractivity contribution < 1.29 is 8.42 Å². The number of alkyl halides is 1. The maximum absolute atomic E-state index is 12.6. The number of nitrogens with zero attached hydrogens (tertiary/aromatic N) is 3. The summed E-state index contributed by atoms with van der Waals surface area (Å²) in [7, 11) is -3.78. The molecule has 0 bridgehead atoms. The molecule has 0 aliphatic rings. The molecule has 1 heterocycles. The highest BCUT2D eigenvalue weighted by Crippen LogP contribution is 2.33. The molecule has 0 fully saturated rings. The van der Waals surface area contributed by atoms with E-state index in [1.807, 2.05) is 19.9 Å². The third kappa shape index (κ3) is 4.01. The summed E-state index contributed by atoms with van der Waals surface area (Å²) in [4.78, 5) is 10.5. The fourth-order valence-electron chi connectivity index (χ4n) is 1.52.